The second-order valence-corrected chi connectivity index (χ2v) is 5.68. The Morgan fingerprint density at radius 1 is 1.06 bits per heavy atom. The highest BCUT2D eigenvalue weighted by Gasteiger charge is 2.28. The largest absolute Gasteiger partial charge is 0.343 e. The van der Waals surface area contributed by atoms with Crippen molar-refractivity contribution in [2.75, 3.05) is 26.2 Å². The van der Waals surface area contributed by atoms with Gasteiger partial charge >= 0.3 is 0 Å². The molecule has 3 heteroatoms. The Labute approximate surface area is 105 Å². The van der Waals surface area contributed by atoms with E-state index < -0.39 is 0 Å². The van der Waals surface area contributed by atoms with Crippen LogP contribution in [-0.4, -0.2) is 47.9 Å². The quantitative estimate of drug-likeness (QED) is 0.735. The number of hydrogen-bond donors (Lipinski definition) is 0. The number of rotatable bonds is 2. The van der Waals surface area contributed by atoms with Gasteiger partial charge in [0.15, 0.2) is 0 Å². The second kappa shape index (κ2) is 5.85. The van der Waals surface area contributed by atoms with Gasteiger partial charge in [-0.3, -0.25) is 4.79 Å². The molecular formula is C14H26N2O. The first kappa shape index (κ1) is 12.9. The lowest BCUT2D eigenvalue weighted by Gasteiger charge is -2.41. The smallest absolute Gasteiger partial charge is 0.222 e. The standard InChI is InChI=1S/C14H26N2O/c1-3-14(17)16-10-6-13(7-11-16)15-8-4-12(2)5-9-15/h12-13H,3-11H2,1-2H3. The average molecular weight is 238 g/mol. The number of carbonyl (C=O) groups is 1. The van der Waals surface area contributed by atoms with Crippen molar-refractivity contribution in [3.8, 4) is 0 Å². The molecule has 2 rings (SSSR count). The predicted octanol–water partition coefficient (Wildman–Crippen LogP) is 2.12. The van der Waals surface area contributed by atoms with E-state index in [1.807, 2.05) is 11.8 Å². The summed E-state index contributed by atoms with van der Waals surface area (Å²) in [5.41, 5.74) is 0. The Balaban J connectivity index is 1.77. The molecule has 0 aromatic carbocycles. The normalized spacial score (nSPS) is 25.2. The first-order valence-corrected chi connectivity index (χ1v) is 7.22. The molecule has 0 aliphatic carbocycles. The number of nitrogens with zero attached hydrogens (tertiary/aromatic N) is 2. The van der Waals surface area contributed by atoms with Gasteiger partial charge in [0.2, 0.25) is 5.91 Å². The van der Waals surface area contributed by atoms with Crippen LogP contribution < -0.4 is 0 Å². The van der Waals surface area contributed by atoms with Crippen LogP contribution in [0.4, 0.5) is 0 Å². The van der Waals surface area contributed by atoms with E-state index in [0.717, 1.165) is 25.0 Å². The van der Waals surface area contributed by atoms with E-state index in [-0.39, 0.29) is 0 Å². The molecule has 3 nitrogen and oxygen atoms in total. The monoisotopic (exact) mass is 238 g/mol. The fraction of sp³-hybridized carbons (Fsp3) is 0.929. The van der Waals surface area contributed by atoms with Crippen LogP contribution >= 0.6 is 0 Å². The third-order valence-corrected chi connectivity index (χ3v) is 4.45. The molecule has 2 fully saturated rings. The van der Waals surface area contributed by atoms with Crippen LogP contribution in [0.1, 0.15) is 46.0 Å². The molecular weight excluding hydrogens is 212 g/mol. The summed E-state index contributed by atoms with van der Waals surface area (Å²) in [6.45, 7) is 8.81. The Kier molecular flexibility index (Phi) is 4.43. The average Bonchev–Trinajstić information content (AvgIpc) is 2.39. The molecule has 17 heavy (non-hydrogen) atoms. The lowest BCUT2D eigenvalue weighted by molar-refractivity contribution is -0.132. The van der Waals surface area contributed by atoms with Crippen molar-refractivity contribution in [2.24, 2.45) is 5.92 Å². The molecule has 2 aliphatic heterocycles. The zero-order chi connectivity index (χ0) is 12.3. The maximum Gasteiger partial charge on any atom is 0.222 e. The number of likely N-dealkylation sites (tertiary alicyclic amines) is 2. The summed E-state index contributed by atoms with van der Waals surface area (Å²) in [6, 6.07) is 0.739. The molecule has 0 saturated carbocycles. The van der Waals surface area contributed by atoms with Crippen LogP contribution in [-0.2, 0) is 4.79 Å². The summed E-state index contributed by atoms with van der Waals surface area (Å²) < 4.78 is 0. The summed E-state index contributed by atoms with van der Waals surface area (Å²) in [6.07, 6.45) is 5.73. The van der Waals surface area contributed by atoms with Crippen molar-refractivity contribution >= 4 is 5.91 Å². The van der Waals surface area contributed by atoms with E-state index >= 15 is 0 Å². The molecule has 2 heterocycles. The van der Waals surface area contributed by atoms with Crippen LogP contribution in [0.15, 0.2) is 0 Å². The first-order chi connectivity index (χ1) is 8.20. The van der Waals surface area contributed by atoms with Gasteiger partial charge in [-0.05, 0) is 44.7 Å². The molecule has 0 radical (unpaired) electrons. The summed E-state index contributed by atoms with van der Waals surface area (Å²) >= 11 is 0. The van der Waals surface area contributed by atoms with E-state index in [2.05, 4.69) is 11.8 Å². The topological polar surface area (TPSA) is 23.6 Å². The number of amides is 1. The van der Waals surface area contributed by atoms with Gasteiger partial charge in [-0.25, -0.2) is 0 Å². The summed E-state index contributed by atoms with van der Waals surface area (Å²) in [4.78, 5) is 16.3. The van der Waals surface area contributed by atoms with Gasteiger partial charge < -0.3 is 9.80 Å². The Morgan fingerprint density at radius 3 is 2.18 bits per heavy atom. The fourth-order valence-electron chi connectivity index (χ4n) is 3.10. The molecule has 1 amide bonds. The summed E-state index contributed by atoms with van der Waals surface area (Å²) in [5.74, 6) is 1.24. The molecule has 0 spiro atoms. The van der Waals surface area contributed by atoms with Crippen LogP contribution in [0.2, 0.25) is 0 Å². The van der Waals surface area contributed by atoms with E-state index in [1.165, 1.54) is 38.8 Å². The minimum atomic E-state index is 0.329. The minimum Gasteiger partial charge on any atom is -0.343 e. The van der Waals surface area contributed by atoms with Gasteiger partial charge in [0, 0.05) is 25.6 Å². The molecule has 0 aromatic rings. The van der Waals surface area contributed by atoms with Gasteiger partial charge in [-0.1, -0.05) is 13.8 Å². The Hall–Kier alpha value is -0.570. The third kappa shape index (κ3) is 3.21. The van der Waals surface area contributed by atoms with Crippen molar-refractivity contribution in [1.29, 1.82) is 0 Å². The van der Waals surface area contributed by atoms with Gasteiger partial charge in [0.25, 0.3) is 0 Å². The number of piperidine rings is 2. The Morgan fingerprint density at radius 2 is 1.65 bits per heavy atom. The Bertz CT molecular complexity index is 251. The minimum absolute atomic E-state index is 0.329. The van der Waals surface area contributed by atoms with Gasteiger partial charge in [-0.2, -0.15) is 0 Å². The summed E-state index contributed by atoms with van der Waals surface area (Å²) in [7, 11) is 0. The molecule has 0 bridgehead atoms. The molecule has 0 atom stereocenters. The maximum atomic E-state index is 11.6. The first-order valence-electron chi connectivity index (χ1n) is 7.22. The van der Waals surface area contributed by atoms with Gasteiger partial charge in [0.05, 0.1) is 0 Å². The summed E-state index contributed by atoms with van der Waals surface area (Å²) in [5, 5.41) is 0. The lowest BCUT2D eigenvalue weighted by atomic mass is 9.95. The highest BCUT2D eigenvalue weighted by molar-refractivity contribution is 5.75. The van der Waals surface area contributed by atoms with E-state index in [4.69, 9.17) is 0 Å². The van der Waals surface area contributed by atoms with Crippen molar-refractivity contribution in [3.63, 3.8) is 0 Å². The van der Waals surface area contributed by atoms with Crippen molar-refractivity contribution < 1.29 is 4.79 Å². The highest BCUT2D eigenvalue weighted by Crippen LogP contribution is 2.23. The van der Waals surface area contributed by atoms with E-state index in [0.29, 0.717) is 12.3 Å². The van der Waals surface area contributed by atoms with E-state index in [1.54, 1.807) is 0 Å². The molecule has 2 saturated heterocycles. The van der Waals surface area contributed by atoms with Gasteiger partial charge in [-0.15, -0.1) is 0 Å². The molecule has 0 unspecified atom stereocenters. The zero-order valence-electron chi connectivity index (χ0n) is 11.3. The third-order valence-electron chi connectivity index (χ3n) is 4.45. The van der Waals surface area contributed by atoms with Gasteiger partial charge in [0.1, 0.15) is 0 Å². The highest BCUT2D eigenvalue weighted by atomic mass is 16.2. The lowest BCUT2D eigenvalue weighted by Crippen LogP contribution is -2.48. The maximum absolute atomic E-state index is 11.6. The van der Waals surface area contributed by atoms with Crippen LogP contribution in [0.5, 0.6) is 0 Å². The fourth-order valence-corrected chi connectivity index (χ4v) is 3.10. The van der Waals surface area contributed by atoms with Crippen molar-refractivity contribution in [1.82, 2.24) is 9.80 Å². The van der Waals surface area contributed by atoms with Crippen molar-refractivity contribution in [2.45, 2.75) is 52.0 Å². The molecule has 0 N–H and O–H groups in total. The second-order valence-electron chi connectivity index (χ2n) is 5.68. The van der Waals surface area contributed by atoms with Crippen LogP contribution in [0.3, 0.4) is 0 Å². The molecule has 0 aromatic heterocycles. The molecule has 98 valence electrons. The molecule has 2 aliphatic rings. The zero-order valence-corrected chi connectivity index (χ0v) is 11.3. The van der Waals surface area contributed by atoms with E-state index in [9.17, 15) is 4.79 Å². The predicted molar refractivity (Wildman–Crippen MR) is 69.9 cm³/mol. The van der Waals surface area contributed by atoms with Crippen LogP contribution in [0.25, 0.3) is 0 Å². The number of hydrogen-bond acceptors (Lipinski definition) is 2. The van der Waals surface area contributed by atoms with Crippen molar-refractivity contribution in [3.05, 3.63) is 0 Å². The number of carbonyl (C=O) groups excluding carboxylic acids is 1. The van der Waals surface area contributed by atoms with Crippen LogP contribution in [0, 0.1) is 5.92 Å². The SMILES string of the molecule is CCC(=O)N1CCC(N2CCC(C)CC2)CC1.